The molecule has 0 saturated carbocycles. The Balaban J connectivity index is 0.00000225. The minimum Gasteiger partial charge on any atom is -0.341 e. The van der Waals surface area contributed by atoms with Gasteiger partial charge in [0.1, 0.15) is 0 Å². The average Bonchev–Trinajstić information content (AvgIpc) is 2.90. The van der Waals surface area contributed by atoms with Gasteiger partial charge in [0, 0.05) is 51.6 Å². The highest BCUT2D eigenvalue weighted by atomic mass is 35.5. The molecule has 3 rings (SSSR count). The van der Waals surface area contributed by atoms with Gasteiger partial charge in [0.25, 0.3) is 0 Å². The lowest BCUT2D eigenvalue weighted by Gasteiger charge is -2.26. The summed E-state index contributed by atoms with van der Waals surface area (Å²) in [6, 6.07) is 11.0. The molecule has 0 radical (unpaired) electrons. The van der Waals surface area contributed by atoms with Crippen molar-refractivity contribution in [3.05, 3.63) is 35.9 Å². The van der Waals surface area contributed by atoms with Gasteiger partial charge in [-0.3, -0.25) is 9.59 Å². The quantitative estimate of drug-likeness (QED) is 0.870. The van der Waals surface area contributed by atoms with Crippen LogP contribution in [0.4, 0.5) is 0 Å². The van der Waals surface area contributed by atoms with Gasteiger partial charge in [0.2, 0.25) is 11.8 Å². The molecule has 2 heterocycles. The molecule has 5 nitrogen and oxygen atoms in total. The zero-order chi connectivity index (χ0) is 16.9. The number of hydrogen-bond donors (Lipinski definition) is 1. The number of rotatable bonds is 5. The van der Waals surface area contributed by atoms with Crippen LogP contribution in [0.3, 0.4) is 0 Å². The number of amides is 2. The lowest BCUT2D eigenvalue weighted by molar-refractivity contribution is -0.134. The second-order valence-electron chi connectivity index (χ2n) is 6.94. The first-order chi connectivity index (χ1) is 11.6. The summed E-state index contributed by atoms with van der Waals surface area (Å²) in [5.41, 5.74) is 1.09. The van der Waals surface area contributed by atoms with Gasteiger partial charge in [0.15, 0.2) is 0 Å². The van der Waals surface area contributed by atoms with Gasteiger partial charge < -0.3 is 15.1 Å². The van der Waals surface area contributed by atoms with Gasteiger partial charge in [0.05, 0.1) is 0 Å². The Labute approximate surface area is 156 Å². The number of carbonyl (C=O) groups excluding carboxylic acids is 2. The first-order valence-electron chi connectivity index (χ1n) is 8.95. The molecular weight excluding hydrogens is 338 g/mol. The molecule has 2 saturated heterocycles. The monoisotopic (exact) mass is 365 g/mol. The molecule has 2 fully saturated rings. The third-order valence-electron chi connectivity index (χ3n) is 5.13. The van der Waals surface area contributed by atoms with Crippen LogP contribution in [0.25, 0.3) is 0 Å². The molecule has 0 aromatic heterocycles. The molecule has 2 aliphatic rings. The zero-order valence-corrected chi connectivity index (χ0v) is 15.6. The van der Waals surface area contributed by atoms with E-state index >= 15 is 0 Å². The van der Waals surface area contributed by atoms with E-state index in [0.29, 0.717) is 31.6 Å². The zero-order valence-electron chi connectivity index (χ0n) is 14.8. The number of likely N-dealkylation sites (tertiary alicyclic amines) is 1. The lowest BCUT2D eigenvalue weighted by atomic mass is 10.1. The van der Waals surface area contributed by atoms with Crippen LogP contribution >= 0.6 is 12.4 Å². The molecule has 2 bridgehead atoms. The smallest absolute Gasteiger partial charge is 0.224 e. The Hall–Kier alpha value is -1.59. The Morgan fingerprint density at radius 1 is 1.16 bits per heavy atom. The Kier molecular flexibility index (Phi) is 7.26. The van der Waals surface area contributed by atoms with Gasteiger partial charge >= 0.3 is 0 Å². The topological polar surface area (TPSA) is 52.7 Å². The van der Waals surface area contributed by atoms with Crippen LogP contribution in [0, 0.1) is 0 Å². The maximum atomic E-state index is 12.6. The van der Waals surface area contributed by atoms with Gasteiger partial charge in [-0.2, -0.15) is 0 Å². The summed E-state index contributed by atoms with van der Waals surface area (Å²) in [5, 5.41) is 3.59. The van der Waals surface area contributed by atoms with Crippen LogP contribution in [0.15, 0.2) is 30.3 Å². The average molecular weight is 366 g/mol. The number of benzene rings is 1. The third kappa shape index (κ3) is 5.44. The molecule has 138 valence electrons. The predicted octanol–water partition coefficient (Wildman–Crippen LogP) is 2.20. The fourth-order valence-corrected chi connectivity index (χ4v) is 3.71. The van der Waals surface area contributed by atoms with Gasteiger partial charge in [-0.1, -0.05) is 30.3 Å². The normalized spacial score (nSPS) is 22.0. The fraction of sp³-hybridized carbons (Fsp3) is 0.579. The number of carbonyl (C=O) groups is 2. The summed E-state index contributed by atoms with van der Waals surface area (Å²) in [6.07, 6.45) is 3.86. The van der Waals surface area contributed by atoms with E-state index in [2.05, 4.69) is 5.32 Å². The summed E-state index contributed by atoms with van der Waals surface area (Å²) in [5.74, 6) is 0.187. The Bertz CT molecular complexity index is 581. The molecular formula is C19H28ClN3O2. The number of halogens is 1. The van der Waals surface area contributed by atoms with Gasteiger partial charge in [-0.05, 0) is 24.8 Å². The second-order valence-corrected chi connectivity index (χ2v) is 6.94. The molecule has 1 N–H and O–H groups in total. The number of nitrogens with zero attached hydrogens (tertiary/aromatic N) is 2. The fourth-order valence-electron chi connectivity index (χ4n) is 3.71. The second kappa shape index (κ2) is 9.20. The molecule has 25 heavy (non-hydrogen) atoms. The summed E-state index contributed by atoms with van der Waals surface area (Å²) >= 11 is 0. The molecule has 1 aromatic carbocycles. The molecule has 6 heteroatoms. The SMILES string of the molecule is CC(=O)N(CCC(=O)N1CCC2CCC(C1)N2)Cc1ccccc1.Cl. The first kappa shape index (κ1) is 19.7. The van der Waals surface area contributed by atoms with E-state index < -0.39 is 0 Å². The minimum absolute atomic E-state index is 0. The summed E-state index contributed by atoms with van der Waals surface area (Å²) in [6.45, 7) is 4.28. The van der Waals surface area contributed by atoms with Crippen LogP contribution in [0.2, 0.25) is 0 Å². The van der Waals surface area contributed by atoms with Crippen molar-refractivity contribution in [1.82, 2.24) is 15.1 Å². The Morgan fingerprint density at radius 3 is 2.60 bits per heavy atom. The van der Waals surface area contributed by atoms with E-state index in [-0.39, 0.29) is 24.2 Å². The summed E-state index contributed by atoms with van der Waals surface area (Å²) in [7, 11) is 0. The molecule has 0 aliphatic carbocycles. The van der Waals surface area contributed by atoms with E-state index in [0.717, 1.165) is 25.1 Å². The maximum absolute atomic E-state index is 12.6. The van der Waals surface area contributed by atoms with Crippen LogP contribution in [-0.2, 0) is 16.1 Å². The highest BCUT2D eigenvalue weighted by Gasteiger charge is 2.31. The highest BCUT2D eigenvalue weighted by molar-refractivity contribution is 5.85. The van der Waals surface area contributed by atoms with Crippen LogP contribution in [-0.4, -0.2) is 53.3 Å². The van der Waals surface area contributed by atoms with E-state index in [1.165, 1.54) is 12.8 Å². The highest BCUT2D eigenvalue weighted by Crippen LogP contribution is 2.20. The van der Waals surface area contributed by atoms with Crippen molar-refractivity contribution in [3.8, 4) is 0 Å². The molecule has 2 unspecified atom stereocenters. The van der Waals surface area contributed by atoms with Crippen molar-refractivity contribution >= 4 is 24.2 Å². The van der Waals surface area contributed by atoms with Gasteiger partial charge in [-0.25, -0.2) is 0 Å². The first-order valence-corrected chi connectivity index (χ1v) is 8.95. The van der Waals surface area contributed by atoms with Crippen molar-refractivity contribution in [2.45, 2.75) is 51.2 Å². The largest absolute Gasteiger partial charge is 0.341 e. The van der Waals surface area contributed by atoms with Crippen LogP contribution < -0.4 is 5.32 Å². The Morgan fingerprint density at radius 2 is 1.88 bits per heavy atom. The number of fused-ring (bicyclic) bond motifs is 2. The standard InChI is InChI=1S/C19H27N3O2.ClH/c1-15(23)21(13-16-5-3-2-4-6-16)12-10-19(24)22-11-9-17-7-8-18(14-22)20-17;/h2-6,17-18,20H,7-14H2,1H3;1H. The molecule has 1 aromatic rings. The van der Waals surface area contributed by atoms with Crippen molar-refractivity contribution in [3.63, 3.8) is 0 Å². The molecule has 2 atom stereocenters. The number of hydrogen-bond acceptors (Lipinski definition) is 3. The van der Waals surface area contributed by atoms with E-state index in [1.54, 1.807) is 11.8 Å². The molecule has 2 aliphatic heterocycles. The third-order valence-corrected chi connectivity index (χ3v) is 5.13. The maximum Gasteiger partial charge on any atom is 0.224 e. The van der Waals surface area contributed by atoms with Crippen LogP contribution in [0.5, 0.6) is 0 Å². The summed E-state index contributed by atoms with van der Waals surface area (Å²) < 4.78 is 0. The van der Waals surface area contributed by atoms with E-state index in [4.69, 9.17) is 0 Å². The van der Waals surface area contributed by atoms with E-state index in [1.807, 2.05) is 35.2 Å². The van der Waals surface area contributed by atoms with Crippen molar-refractivity contribution in [2.24, 2.45) is 0 Å². The van der Waals surface area contributed by atoms with Crippen molar-refractivity contribution in [1.29, 1.82) is 0 Å². The number of nitrogens with one attached hydrogen (secondary N) is 1. The van der Waals surface area contributed by atoms with Crippen molar-refractivity contribution in [2.75, 3.05) is 19.6 Å². The molecule has 0 spiro atoms. The van der Waals surface area contributed by atoms with Crippen LogP contribution in [0.1, 0.15) is 38.2 Å². The molecule has 2 amide bonds. The lowest BCUT2D eigenvalue weighted by Crippen LogP contribution is -2.40. The van der Waals surface area contributed by atoms with Crippen molar-refractivity contribution < 1.29 is 9.59 Å². The van der Waals surface area contributed by atoms with E-state index in [9.17, 15) is 9.59 Å². The minimum atomic E-state index is 0. The summed E-state index contributed by atoms with van der Waals surface area (Å²) in [4.78, 5) is 28.2. The predicted molar refractivity (Wildman–Crippen MR) is 101 cm³/mol. The van der Waals surface area contributed by atoms with Gasteiger partial charge in [-0.15, -0.1) is 12.4 Å².